The summed E-state index contributed by atoms with van der Waals surface area (Å²) in [4.78, 5) is 0. The van der Waals surface area contributed by atoms with Crippen molar-refractivity contribution >= 4 is 5.69 Å². The minimum absolute atomic E-state index is 0.114. The Bertz CT molecular complexity index is 360. The van der Waals surface area contributed by atoms with Gasteiger partial charge in [0.1, 0.15) is 0 Å². The molecule has 3 N–H and O–H groups in total. The molecule has 1 aromatic rings. The molecule has 0 aliphatic heterocycles. The van der Waals surface area contributed by atoms with Gasteiger partial charge in [-0.15, -0.1) is 0 Å². The lowest BCUT2D eigenvalue weighted by molar-refractivity contribution is 0.305. The van der Waals surface area contributed by atoms with Crippen molar-refractivity contribution in [1.82, 2.24) is 0 Å². The fourth-order valence-corrected chi connectivity index (χ4v) is 1.21. The Morgan fingerprint density at radius 2 is 2.21 bits per heavy atom. The molecule has 0 saturated carbocycles. The lowest BCUT2D eigenvalue weighted by atomic mass is 10.1. The van der Waals surface area contributed by atoms with E-state index in [0.717, 1.165) is 23.2 Å². The Kier molecular flexibility index (Phi) is 4.03. The van der Waals surface area contributed by atoms with E-state index in [2.05, 4.69) is 18.8 Å². The number of anilines is 1. The van der Waals surface area contributed by atoms with Crippen LogP contribution >= 0.6 is 0 Å². The maximum absolute atomic E-state index is 8.57. The zero-order chi connectivity index (χ0) is 10.4. The zero-order valence-electron chi connectivity index (χ0n) is 8.38. The number of hydrogen-bond donors (Lipinski definition) is 2. The summed E-state index contributed by atoms with van der Waals surface area (Å²) in [5, 5.41) is 8.57. The van der Waals surface area contributed by atoms with Crippen LogP contribution in [0.4, 0.5) is 5.69 Å². The van der Waals surface area contributed by atoms with E-state index < -0.39 is 0 Å². The third-order valence-corrected chi connectivity index (χ3v) is 1.99. The number of aliphatic hydroxyl groups is 1. The lowest BCUT2D eigenvalue weighted by Gasteiger charge is -2.02. The van der Waals surface area contributed by atoms with Crippen LogP contribution in [0.25, 0.3) is 0 Å². The highest BCUT2D eigenvalue weighted by Crippen LogP contribution is 2.13. The molecule has 0 spiro atoms. The molecule has 0 heterocycles. The number of nitrogens with two attached hydrogens (primary N) is 1. The molecule has 0 saturated heterocycles. The minimum atomic E-state index is 0.114. The van der Waals surface area contributed by atoms with E-state index in [4.69, 9.17) is 10.8 Å². The van der Waals surface area contributed by atoms with Crippen molar-refractivity contribution in [3.63, 3.8) is 0 Å². The Balaban J connectivity index is 2.86. The van der Waals surface area contributed by atoms with Crippen LogP contribution < -0.4 is 5.73 Å². The molecule has 1 rings (SSSR count). The van der Waals surface area contributed by atoms with E-state index in [1.807, 2.05) is 18.2 Å². The fourth-order valence-electron chi connectivity index (χ4n) is 1.21. The van der Waals surface area contributed by atoms with E-state index in [1.54, 1.807) is 0 Å². The highest BCUT2D eigenvalue weighted by atomic mass is 16.2. The molecule has 0 fully saturated rings. The van der Waals surface area contributed by atoms with Gasteiger partial charge < -0.3 is 10.8 Å². The molecule has 0 radical (unpaired) electrons. The third-order valence-electron chi connectivity index (χ3n) is 1.99. The topological polar surface area (TPSA) is 46.2 Å². The number of aliphatic hydroxyl groups excluding tert-OH is 1. The van der Waals surface area contributed by atoms with Gasteiger partial charge >= 0.3 is 0 Å². The van der Waals surface area contributed by atoms with E-state index in [0.29, 0.717) is 6.42 Å². The molecule has 0 atom stereocenters. The summed E-state index contributed by atoms with van der Waals surface area (Å²) < 4.78 is 0. The van der Waals surface area contributed by atoms with Gasteiger partial charge in [0.2, 0.25) is 0 Å². The molecule has 74 valence electrons. The molecule has 0 aromatic heterocycles. The first kappa shape index (κ1) is 10.6. The van der Waals surface area contributed by atoms with Crippen molar-refractivity contribution in [2.75, 3.05) is 12.3 Å². The van der Waals surface area contributed by atoms with Gasteiger partial charge in [-0.25, -0.2) is 0 Å². The smallest absolute Gasteiger partial charge is 0.0540 e. The van der Waals surface area contributed by atoms with Gasteiger partial charge in [-0.3, -0.25) is 0 Å². The number of hydrogen-bond acceptors (Lipinski definition) is 2. The van der Waals surface area contributed by atoms with Gasteiger partial charge in [0.05, 0.1) is 6.61 Å². The average Bonchev–Trinajstić information content (AvgIpc) is 2.21. The SMILES string of the molecule is CCc1cc(C#CCCO)ccc1N. The van der Waals surface area contributed by atoms with E-state index in [1.165, 1.54) is 0 Å². The van der Waals surface area contributed by atoms with Crippen molar-refractivity contribution in [2.24, 2.45) is 0 Å². The first-order valence-corrected chi connectivity index (χ1v) is 4.76. The minimum Gasteiger partial charge on any atom is -0.399 e. The molecule has 2 nitrogen and oxygen atoms in total. The van der Waals surface area contributed by atoms with Crippen LogP contribution in [0.15, 0.2) is 18.2 Å². The largest absolute Gasteiger partial charge is 0.399 e. The van der Waals surface area contributed by atoms with Crippen molar-refractivity contribution in [3.8, 4) is 11.8 Å². The van der Waals surface area contributed by atoms with Crippen molar-refractivity contribution < 1.29 is 5.11 Å². The van der Waals surface area contributed by atoms with Crippen LogP contribution in [0.3, 0.4) is 0 Å². The van der Waals surface area contributed by atoms with E-state index in [-0.39, 0.29) is 6.61 Å². The summed E-state index contributed by atoms with van der Waals surface area (Å²) in [5.41, 5.74) is 8.67. The Hall–Kier alpha value is -1.46. The Morgan fingerprint density at radius 3 is 2.86 bits per heavy atom. The van der Waals surface area contributed by atoms with Crippen LogP contribution in [0, 0.1) is 11.8 Å². The standard InChI is InChI=1S/C12H15NO/c1-2-11-9-10(5-3-4-8-14)6-7-12(11)13/h6-7,9,14H,2,4,8,13H2,1H3. The van der Waals surface area contributed by atoms with Crippen LogP contribution in [-0.4, -0.2) is 11.7 Å². The molecule has 2 heteroatoms. The highest BCUT2D eigenvalue weighted by Gasteiger charge is 1.96. The maximum Gasteiger partial charge on any atom is 0.0540 e. The predicted molar refractivity (Wildman–Crippen MR) is 58.8 cm³/mol. The van der Waals surface area contributed by atoms with Crippen LogP contribution in [0.5, 0.6) is 0 Å². The summed E-state index contributed by atoms with van der Waals surface area (Å²) in [5.74, 6) is 5.86. The van der Waals surface area contributed by atoms with Gasteiger partial charge in [-0.05, 0) is 30.2 Å². The van der Waals surface area contributed by atoms with Crippen LogP contribution in [-0.2, 0) is 6.42 Å². The van der Waals surface area contributed by atoms with Gasteiger partial charge in [-0.2, -0.15) is 0 Å². The molecule has 0 amide bonds. The summed E-state index contributed by atoms with van der Waals surface area (Å²) >= 11 is 0. The van der Waals surface area contributed by atoms with Gasteiger partial charge in [0.25, 0.3) is 0 Å². The second-order valence-electron chi connectivity index (χ2n) is 3.04. The average molecular weight is 189 g/mol. The highest BCUT2D eigenvalue weighted by molar-refractivity contribution is 5.52. The second kappa shape index (κ2) is 5.31. The lowest BCUT2D eigenvalue weighted by Crippen LogP contribution is -1.93. The first-order valence-electron chi connectivity index (χ1n) is 4.76. The van der Waals surface area contributed by atoms with Crippen LogP contribution in [0.1, 0.15) is 24.5 Å². The number of aryl methyl sites for hydroxylation is 1. The number of benzene rings is 1. The van der Waals surface area contributed by atoms with E-state index >= 15 is 0 Å². The molecule has 1 aromatic carbocycles. The summed E-state index contributed by atoms with van der Waals surface area (Å²) in [6, 6.07) is 5.78. The molecular weight excluding hydrogens is 174 g/mol. The molecule has 0 aliphatic carbocycles. The van der Waals surface area contributed by atoms with Crippen LogP contribution in [0.2, 0.25) is 0 Å². The number of nitrogen functional groups attached to an aromatic ring is 1. The quantitative estimate of drug-likeness (QED) is 0.548. The second-order valence-corrected chi connectivity index (χ2v) is 3.04. The van der Waals surface area contributed by atoms with E-state index in [9.17, 15) is 0 Å². The molecule has 0 bridgehead atoms. The summed E-state index contributed by atoms with van der Waals surface area (Å²) in [6.45, 7) is 2.18. The Labute approximate surface area is 84.8 Å². The van der Waals surface area contributed by atoms with Crippen molar-refractivity contribution in [1.29, 1.82) is 0 Å². The van der Waals surface area contributed by atoms with Crippen molar-refractivity contribution in [2.45, 2.75) is 19.8 Å². The fraction of sp³-hybridized carbons (Fsp3) is 0.333. The first-order chi connectivity index (χ1) is 6.77. The van der Waals surface area contributed by atoms with Crippen molar-refractivity contribution in [3.05, 3.63) is 29.3 Å². The third kappa shape index (κ3) is 2.79. The Morgan fingerprint density at radius 1 is 1.43 bits per heavy atom. The zero-order valence-corrected chi connectivity index (χ0v) is 8.38. The predicted octanol–water partition coefficient (Wildman–Crippen LogP) is 1.57. The number of rotatable bonds is 2. The molecule has 14 heavy (non-hydrogen) atoms. The van der Waals surface area contributed by atoms with Gasteiger partial charge in [0, 0.05) is 17.7 Å². The molecule has 0 unspecified atom stereocenters. The van der Waals surface area contributed by atoms with Gasteiger partial charge in [0.15, 0.2) is 0 Å². The summed E-state index contributed by atoms with van der Waals surface area (Å²) in [6.07, 6.45) is 1.44. The van der Waals surface area contributed by atoms with Gasteiger partial charge in [-0.1, -0.05) is 18.8 Å². The monoisotopic (exact) mass is 189 g/mol. The summed E-state index contributed by atoms with van der Waals surface area (Å²) in [7, 11) is 0. The molecule has 0 aliphatic rings. The molecular formula is C12H15NO. The normalized spacial score (nSPS) is 9.29. The maximum atomic E-state index is 8.57.